The molecule has 2 atom stereocenters. The Labute approximate surface area is 122 Å². The van der Waals surface area contributed by atoms with Crippen LogP contribution in [0.2, 0.25) is 0 Å². The Morgan fingerprint density at radius 3 is 2.55 bits per heavy atom. The minimum absolute atomic E-state index is 0.0419. The van der Waals surface area contributed by atoms with Crippen LogP contribution < -0.4 is 5.32 Å². The first-order valence-corrected chi connectivity index (χ1v) is 7.89. The number of rotatable bonds is 3. The average Bonchev–Trinajstić information content (AvgIpc) is 3.04. The molecule has 1 amide bonds. The monoisotopic (exact) mass is 284 g/mol. The van der Waals surface area contributed by atoms with E-state index in [0.29, 0.717) is 6.04 Å². The molecule has 1 aromatic carbocycles. The van der Waals surface area contributed by atoms with E-state index in [9.17, 15) is 4.79 Å². The number of thiophene rings is 1. The first-order chi connectivity index (χ1) is 9.84. The number of nitrogens with zero attached hydrogens (tertiary/aromatic N) is 1. The Morgan fingerprint density at radius 2 is 1.90 bits per heavy atom. The van der Waals surface area contributed by atoms with Gasteiger partial charge in [0.2, 0.25) is 5.91 Å². The largest absolute Gasteiger partial charge is 0.317 e. The Kier molecular flexibility index (Phi) is 2.86. The Morgan fingerprint density at radius 1 is 1.10 bits per heavy atom. The molecule has 1 aromatic heterocycles. The molecule has 1 aliphatic carbocycles. The van der Waals surface area contributed by atoms with Gasteiger partial charge in [-0.1, -0.05) is 36.4 Å². The quantitative estimate of drug-likeness (QED) is 0.939. The van der Waals surface area contributed by atoms with E-state index >= 15 is 0 Å². The van der Waals surface area contributed by atoms with Gasteiger partial charge in [-0.05, 0) is 29.9 Å². The average molecular weight is 284 g/mol. The summed E-state index contributed by atoms with van der Waals surface area (Å²) in [5, 5.41) is 5.59. The van der Waals surface area contributed by atoms with E-state index < -0.39 is 0 Å². The van der Waals surface area contributed by atoms with Crippen LogP contribution in [0, 0.1) is 0 Å². The number of carbonyl (C=O) groups excluding carboxylic acids is 1. The Hall–Kier alpha value is -1.65. The van der Waals surface area contributed by atoms with Gasteiger partial charge < -0.3 is 4.90 Å². The lowest BCUT2D eigenvalue weighted by atomic mass is 10.1. The van der Waals surface area contributed by atoms with Crippen LogP contribution in [0.25, 0.3) is 0 Å². The van der Waals surface area contributed by atoms with Crippen LogP contribution >= 0.6 is 11.3 Å². The zero-order valence-electron chi connectivity index (χ0n) is 11.0. The van der Waals surface area contributed by atoms with Crippen molar-refractivity contribution in [3.8, 4) is 0 Å². The minimum Gasteiger partial charge on any atom is -0.317 e. The van der Waals surface area contributed by atoms with Gasteiger partial charge in [0.05, 0.1) is 0 Å². The lowest BCUT2D eigenvalue weighted by Gasteiger charge is -2.22. The number of hydrogen-bond acceptors (Lipinski definition) is 3. The molecule has 0 spiro atoms. The van der Waals surface area contributed by atoms with Gasteiger partial charge in [-0.3, -0.25) is 10.1 Å². The fourth-order valence-electron chi connectivity index (χ4n) is 2.88. The molecule has 102 valence electrons. The molecule has 0 radical (unpaired) electrons. The van der Waals surface area contributed by atoms with Crippen LogP contribution in [0.4, 0.5) is 0 Å². The van der Waals surface area contributed by atoms with Gasteiger partial charge in [0.1, 0.15) is 12.2 Å². The number of hydrogen-bond donors (Lipinski definition) is 1. The van der Waals surface area contributed by atoms with Crippen molar-refractivity contribution in [3.05, 3.63) is 58.3 Å². The molecule has 2 aromatic rings. The van der Waals surface area contributed by atoms with Crippen LogP contribution in [-0.4, -0.2) is 16.8 Å². The van der Waals surface area contributed by atoms with E-state index in [1.807, 2.05) is 36.4 Å². The van der Waals surface area contributed by atoms with Crippen molar-refractivity contribution in [3.63, 3.8) is 0 Å². The topological polar surface area (TPSA) is 32.3 Å². The van der Waals surface area contributed by atoms with E-state index in [1.165, 1.54) is 4.88 Å². The summed E-state index contributed by atoms with van der Waals surface area (Å²) in [6, 6.07) is 14.4. The second-order valence-corrected chi connectivity index (χ2v) is 6.38. The molecular formula is C16H16N2OS. The van der Waals surface area contributed by atoms with E-state index in [1.54, 1.807) is 11.3 Å². The Balaban J connectivity index is 1.69. The van der Waals surface area contributed by atoms with Gasteiger partial charge in [-0.25, -0.2) is 0 Å². The Bertz CT molecular complexity index is 607. The summed E-state index contributed by atoms with van der Waals surface area (Å²) < 4.78 is 0. The highest BCUT2D eigenvalue weighted by atomic mass is 32.1. The first kappa shape index (κ1) is 12.1. The van der Waals surface area contributed by atoms with Crippen molar-refractivity contribution in [2.75, 3.05) is 0 Å². The maximum atomic E-state index is 12.8. The van der Waals surface area contributed by atoms with E-state index in [4.69, 9.17) is 0 Å². The van der Waals surface area contributed by atoms with Gasteiger partial charge in [0, 0.05) is 10.9 Å². The zero-order valence-corrected chi connectivity index (χ0v) is 11.8. The third kappa shape index (κ3) is 1.96. The number of nitrogens with one attached hydrogen (secondary N) is 1. The molecular weight excluding hydrogens is 268 g/mol. The fourth-order valence-corrected chi connectivity index (χ4v) is 3.66. The smallest absolute Gasteiger partial charge is 0.246 e. The van der Waals surface area contributed by atoms with Crippen molar-refractivity contribution >= 4 is 17.2 Å². The van der Waals surface area contributed by atoms with Crippen molar-refractivity contribution in [1.29, 1.82) is 0 Å². The molecule has 1 saturated carbocycles. The van der Waals surface area contributed by atoms with Gasteiger partial charge in [-0.2, -0.15) is 0 Å². The van der Waals surface area contributed by atoms with Gasteiger partial charge in [-0.15, -0.1) is 11.3 Å². The van der Waals surface area contributed by atoms with Gasteiger partial charge in [0.25, 0.3) is 0 Å². The van der Waals surface area contributed by atoms with Crippen LogP contribution in [0.15, 0.2) is 47.8 Å². The molecule has 2 aliphatic rings. The number of amides is 1. The molecule has 1 N–H and O–H groups in total. The second kappa shape index (κ2) is 4.72. The lowest BCUT2D eigenvalue weighted by molar-refractivity contribution is -0.130. The van der Waals surface area contributed by atoms with E-state index in [-0.39, 0.29) is 18.1 Å². The summed E-state index contributed by atoms with van der Waals surface area (Å²) in [5.74, 6) is 0.220. The predicted molar refractivity (Wildman–Crippen MR) is 79.2 cm³/mol. The molecule has 1 aliphatic heterocycles. The molecule has 3 nitrogen and oxygen atoms in total. The summed E-state index contributed by atoms with van der Waals surface area (Å²) in [6.07, 6.45) is 2.31. The highest BCUT2D eigenvalue weighted by molar-refractivity contribution is 7.10. The fraction of sp³-hybridized carbons (Fsp3) is 0.312. The normalized spacial score (nSPS) is 26.2. The van der Waals surface area contributed by atoms with Crippen molar-refractivity contribution in [2.45, 2.75) is 31.1 Å². The maximum absolute atomic E-state index is 12.8. The summed E-state index contributed by atoms with van der Waals surface area (Å²) in [4.78, 5) is 16.0. The molecule has 0 bridgehead atoms. The predicted octanol–water partition coefficient (Wildman–Crippen LogP) is 3.08. The molecule has 2 unspecified atom stereocenters. The number of carbonyl (C=O) groups is 1. The third-order valence-corrected chi connectivity index (χ3v) is 4.91. The van der Waals surface area contributed by atoms with Crippen LogP contribution in [0.3, 0.4) is 0 Å². The van der Waals surface area contributed by atoms with Crippen LogP contribution in [0.5, 0.6) is 0 Å². The van der Waals surface area contributed by atoms with Crippen molar-refractivity contribution in [1.82, 2.24) is 10.2 Å². The summed E-state index contributed by atoms with van der Waals surface area (Å²) >= 11 is 1.71. The number of benzene rings is 1. The summed E-state index contributed by atoms with van der Waals surface area (Å²) in [6.45, 7) is 0. The minimum atomic E-state index is -0.205. The van der Waals surface area contributed by atoms with E-state index in [0.717, 1.165) is 18.4 Å². The highest BCUT2D eigenvalue weighted by Gasteiger charge is 2.47. The van der Waals surface area contributed by atoms with Crippen molar-refractivity contribution < 1.29 is 4.79 Å². The SMILES string of the molecule is O=C1C(c2ccccc2)NC(c2cccs2)N1C1CC1. The molecule has 1 saturated heterocycles. The van der Waals surface area contributed by atoms with Crippen LogP contribution in [0.1, 0.15) is 35.5 Å². The van der Waals surface area contributed by atoms with Crippen molar-refractivity contribution in [2.24, 2.45) is 0 Å². The molecule has 2 fully saturated rings. The molecule has 2 heterocycles. The first-order valence-electron chi connectivity index (χ1n) is 7.01. The van der Waals surface area contributed by atoms with E-state index in [2.05, 4.69) is 21.7 Å². The lowest BCUT2D eigenvalue weighted by Crippen LogP contribution is -2.31. The molecule has 4 heteroatoms. The van der Waals surface area contributed by atoms with Gasteiger partial charge in [0.15, 0.2) is 0 Å². The molecule has 4 rings (SSSR count). The van der Waals surface area contributed by atoms with Gasteiger partial charge >= 0.3 is 0 Å². The second-order valence-electron chi connectivity index (χ2n) is 5.41. The molecule has 20 heavy (non-hydrogen) atoms. The zero-order chi connectivity index (χ0) is 13.5. The third-order valence-electron chi connectivity index (χ3n) is 3.99. The standard InChI is InChI=1S/C16H16N2OS/c19-16-14(11-5-2-1-3-6-11)17-15(13-7-4-10-20-13)18(16)12-8-9-12/h1-7,10,12,14-15,17H,8-9H2. The summed E-state index contributed by atoms with van der Waals surface area (Å²) in [5.41, 5.74) is 1.06. The van der Waals surface area contributed by atoms with Crippen LogP contribution in [-0.2, 0) is 4.79 Å². The highest BCUT2D eigenvalue weighted by Crippen LogP contribution is 2.41. The maximum Gasteiger partial charge on any atom is 0.246 e. The summed E-state index contributed by atoms with van der Waals surface area (Å²) in [7, 11) is 0.